The van der Waals surface area contributed by atoms with Gasteiger partial charge < -0.3 is 15.5 Å². The van der Waals surface area contributed by atoms with Crippen molar-refractivity contribution in [3.05, 3.63) is 29.8 Å². The monoisotopic (exact) mass is 219 g/mol. The number of nitrogens with zero attached hydrogens (tertiary/aromatic N) is 2. The van der Waals surface area contributed by atoms with Crippen LogP contribution in [0.4, 0.5) is 5.69 Å². The predicted octanol–water partition coefficient (Wildman–Crippen LogP) is 1.29. The average Bonchev–Trinajstić information content (AvgIpc) is 2.75. The summed E-state index contributed by atoms with van der Waals surface area (Å²) in [4.78, 5) is 4.76. The Hall–Kier alpha value is -1.06. The van der Waals surface area contributed by atoms with Crippen molar-refractivity contribution in [1.82, 2.24) is 4.90 Å². The molecule has 3 nitrogen and oxygen atoms in total. The third-order valence-corrected chi connectivity index (χ3v) is 3.47. The molecule has 0 radical (unpaired) electrons. The lowest BCUT2D eigenvalue weighted by Crippen LogP contribution is -2.33. The maximum absolute atomic E-state index is 5.67. The molecule has 88 valence electrons. The molecule has 2 rings (SSSR count). The molecule has 1 aromatic rings. The highest BCUT2D eigenvalue weighted by molar-refractivity contribution is 5.49. The first kappa shape index (κ1) is 11.4. The van der Waals surface area contributed by atoms with Gasteiger partial charge in [-0.1, -0.05) is 12.1 Å². The molecule has 0 amide bonds. The SMILES string of the molecule is CN1CCC(N(C)c2cccc(CN)c2)C1. The van der Waals surface area contributed by atoms with Gasteiger partial charge in [0.2, 0.25) is 0 Å². The molecule has 1 unspecified atom stereocenters. The number of likely N-dealkylation sites (N-methyl/N-ethyl adjacent to an activating group) is 2. The molecule has 1 aliphatic rings. The second-order valence-corrected chi connectivity index (χ2v) is 4.69. The number of hydrogen-bond acceptors (Lipinski definition) is 3. The molecule has 1 aliphatic heterocycles. The van der Waals surface area contributed by atoms with E-state index in [-0.39, 0.29) is 0 Å². The van der Waals surface area contributed by atoms with E-state index in [0.29, 0.717) is 12.6 Å². The van der Waals surface area contributed by atoms with E-state index in [9.17, 15) is 0 Å². The van der Waals surface area contributed by atoms with Gasteiger partial charge in [-0.15, -0.1) is 0 Å². The van der Waals surface area contributed by atoms with Gasteiger partial charge >= 0.3 is 0 Å². The average molecular weight is 219 g/mol. The maximum atomic E-state index is 5.67. The molecule has 1 saturated heterocycles. The highest BCUT2D eigenvalue weighted by atomic mass is 15.2. The second kappa shape index (κ2) is 4.85. The van der Waals surface area contributed by atoms with Crippen LogP contribution in [0.5, 0.6) is 0 Å². The van der Waals surface area contributed by atoms with E-state index in [1.807, 2.05) is 0 Å². The lowest BCUT2D eigenvalue weighted by Gasteiger charge is -2.27. The third-order valence-electron chi connectivity index (χ3n) is 3.47. The summed E-state index contributed by atoms with van der Waals surface area (Å²) in [7, 11) is 4.36. The predicted molar refractivity (Wildman–Crippen MR) is 68.6 cm³/mol. The number of nitrogens with two attached hydrogens (primary N) is 1. The molecule has 0 saturated carbocycles. The first-order valence-corrected chi connectivity index (χ1v) is 5.91. The fourth-order valence-corrected chi connectivity index (χ4v) is 2.34. The number of hydrogen-bond donors (Lipinski definition) is 1. The van der Waals surface area contributed by atoms with E-state index in [0.717, 1.165) is 6.54 Å². The Kier molecular flexibility index (Phi) is 3.46. The standard InChI is InChI=1S/C13H21N3/c1-15-7-6-13(10-15)16(2)12-5-3-4-11(8-12)9-14/h3-5,8,13H,6-7,9-10,14H2,1-2H3. The summed E-state index contributed by atoms with van der Waals surface area (Å²) in [6.45, 7) is 2.97. The van der Waals surface area contributed by atoms with Crippen LogP contribution in [-0.2, 0) is 6.54 Å². The van der Waals surface area contributed by atoms with Crippen molar-refractivity contribution >= 4 is 5.69 Å². The van der Waals surface area contributed by atoms with Crippen LogP contribution >= 0.6 is 0 Å². The summed E-state index contributed by atoms with van der Waals surface area (Å²) in [5.74, 6) is 0. The highest BCUT2D eigenvalue weighted by Gasteiger charge is 2.23. The van der Waals surface area contributed by atoms with Gasteiger partial charge in [0.15, 0.2) is 0 Å². The van der Waals surface area contributed by atoms with Crippen LogP contribution in [-0.4, -0.2) is 38.1 Å². The molecule has 0 aliphatic carbocycles. The fourth-order valence-electron chi connectivity index (χ4n) is 2.34. The van der Waals surface area contributed by atoms with E-state index < -0.39 is 0 Å². The summed E-state index contributed by atoms with van der Waals surface area (Å²) in [5.41, 5.74) is 8.15. The van der Waals surface area contributed by atoms with E-state index >= 15 is 0 Å². The number of anilines is 1. The van der Waals surface area contributed by atoms with Gasteiger partial charge in [-0.2, -0.15) is 0 Å². The molecule has 1 heterocycles. The first-order valence-electron chi connectivity index (χ1n) is 5.91. The Morgan fingerprint density at radius 1 is 1.50 bits per heavy atom. The molecular formula is C13H21N3. The van der Waals surface area contributed by atoms with Crippen LogP contribution in [0, 0.1) is 0 Å². The number of benzene rings is 1. The molecule has 0 spiro atoms. The van der Waals surface area contributed by atoms with Crippen LogP contribution in [0.2, 0.25) is 0 Å². The number of rotatable bonds is 3. The van der Waals surface area contributed by atoms with Crippen molar-refractivity contribution in [3.63, 3.8) is 0 Å². The minimum atomic E-state index is 0.617. The Labute approximate surface area is 97.8 Å². The molecule has 3 heteroatoms. The normalized spacial score (nSPS) is 21.3. The first-order chi connectivity index (χ1) is 7.70. The Balaban J connectivity index is 2.10. The quantitative estimate of drug-likeness (QED) is 0.831. The Bertz CT molecular complexity index is 351. The second-order valence-electron chi connectivity index (χ2n) is 4.69. The van der Waals surface area contributed by atoms with Gasteiger partial charge in [-0.05, 0) is 37.7 Å². The van der Waals surface area contributed by atoms with Gasteiger partial charge in [0.25, 0.3) is 0 Å². The zero-order valence-electron chi connectivity index (χ0n) is 10.2. The summed E-state index contributed by atoms with van der Waals surface area (Å²) < 4.78 is 0. The van der Waals surface area contributed by atoms with Crippen LogP contribution in [0.25, 0.3) is 0 Å². The molecule has 16 heavy (non-hydrogen) atoms. The Morgan fingerprint density at radius 3 is 2.94 bits per heavy atom. The largest absolute Gasteiger partial charge is 0.370 e. The van der Waals surface area contributed by atoms with Crippen molar-refractivity contribution in [1.29, 1.82) is 0 Å². The van der Waals surface area contributed by atoms with Gasteiger partial charge in [0.05, 0.1) is 0 Å². The topological polar surface area (TPSA) is 32.5 Å². The smallest absolute Gasteiger partial charge is 0.0425 e. The van der Waals surface area contributed by atoms with Gasteiger partial charge in [0.1, 0.15) is 0 Å². The van der Waals surface area contributed by atoms with Gasteiger partial charge in [-0.25, -0.2) is 0 Å². The van der Waals surface area contributed by atoms with Crippen molar-refractivity contribution in [3.8, 4) is 0 Å². The minimum absolute atomic E-state index is 0.617. The zero-order chi connectivity index (χ0) is 11.5. The van der Waals surface area contributed by atoms with Crippen LogP contribution < -0.4 is 10.6 Å². The highest BCUT2D eigenvalue weighted by Crippen LogP contribution is 2.21. The molecular weight excluding hydrogens is 198 g/mol. The van der Waals surface area contributed by atoms with E-state index in [1.54, 1.807) is 0 Å². The van der Waals surface area contributed by atoms with E-state index in [2.05, 4.69) is 48.2 Å². The molecule has 1 fully saturated rings. The summed E-state index contributed by atoms with van der Waals surface area (Å²) in [6.07, 6.45) is 1.25. The summed E-state index contributed by atoms with van der Waals surface area (Å²) >= 11 is 0. The lowest BCUT2D eigenvalue weighted by molar-refractivity contribution is 0.409. The number of likely N-dealkylation sites (tertiary alicyclic amines) is 1. The lowest BCUT2D eigenvalue weighted by atomic mass is 10.1. The maximum Gasteiger partial charge on any atom is 0.0425 e. The van der Waals surface area contributed by atoms with E-state index in [1.165, 1.54) is 24.2 Å². The summed E-state index contributed by atoms with van der Waals surface area (Å²) in [6, 6.07) is 9.17. The Morgan fingerprint density at radius 2 is 2.31 bits per heavy atom. The van der Waals surface area contributed by atoms with Crippen LogP contribution in [0.15, 0.2) is 24.3 Å². The zero-order valence-corrected chi connectivity index (χ0v) is 10.2. The molecule has 1 atom stereocenters. The summed E-state index contributed by atoms with van der Waals surface area (Å²) in [5, 5.41) is 0. The minimum Gasteiger partial charge on any atom is -0.370 e. The van der Waals surface area contributed by atoms with Gasteiger partial charge in [-0.3, -0.25) is 0 Å². The molecule has 2 N–H and O–H groups in total. The van der Waals surface area contributed by atoms with Crippen molar-refractivity contribution < 1.29 is 0 Å². The van der Waals surface area contributed by atoms with Crippen molar-refractivity contribution in [2.24, 2.45) is 5.73 Å². The molecule has 1 aromatic carbocycles. The van der Waals surface area contributed by atoms with Crippen molar-refractivity contribution in [2.45, 2.75) is 19.0 Å². The van der Waals surface area contributed by atoms with Crippen LogP contribution in [0.3, 0.4) is 0 Å². The van der Waals surface area contributed by atoms with Gasteiger partial charge in [0, 0.05) is 31.9 Å². The molecule has 0 bridgehead atoms. The third kappa shape index (κ3) is 2.36. The van der Waals surface area contributed by atoms with E-state index in [4.69, 9.17) is 5.73 Å². The van der Waals surface area contributed by atoms with Crippen molar-refractivity contribution in [2.75, 3.05) is 32.1 Å². The van der Waals surface area contributed by atoms with Crippen LogP contribution in [0.1, 0.15) is 12.0 Å². The molecule has 0 aromatic heterocycles. The fraction of sp³-hybridized carbons (Fsp3) is 0.538.